The number of likely N-dealkylation sites (N-methyl/N-ethyl adjacent to an activating group) is 1. The lowest BCUT2D eigenvalue weighted by molar-refractivity contribution is -0.132. The zero-order chi connectivity index (χ0) is 12.7. The van der Waals surface area contributed by atoms with E-state index in [0.717, 1.165) is 6.42 Å². The Hall–Kier alpha value is -1.55. The summed E-state index contributed by atoms with van der Waals surface area (Å²) >= 11 is 0. The zero-order valence-electron chi connectivity index (χ0n) is 10.3. The molecule has 0 aliphatic heterocycles. The van der Waals surface area contributed by atoms with Gasteiger partial charge in [0.2, 0.25) is 0 Å². The van der Waals surface area contributed by atoms with Gasteiger partial charge in [-0.1, -0.05) is 19.1 Å². The molecule has 0 heterocycles. The molecule has 0 fully saturated rings. The Morgan fingerprint density at radius 2 is 2.00 bits per heavy atom. The molecule has 0 saturated heterocycles. The highest BCUT2D eigenvalue weighted by molar-refractivity contribution is 5.77. The summed E-state index contributed by atoms with van der Waals surface area (Å²) in [5, 5.41) is 8.69. The van der Waals surface area contributed by atoms with Crippen LogP contribution in [0.4, 0.5) is 0 Å². The number of rotatable bonds is 6. The van der Waals surface area contributed by atoms with Crippen LogP contribution in [0.25, 0.3) is 0 Å². The fraction of sp³-hybridized carbons (Fsp3) is 0.462. The fourth-order valence-corrected chi connectivity index (χ4v) is 1.35. The van der Waals surface area contributed by atoms with E-state index in [1.807, 2.05) is 24.3 Å². The van der Waals surface area contributed by atoms with Crippen molar-refractivity contribution in [3.63, 3.8) is 0 Å². The Morgan fingerprint density at radius 1 is 1.35 bits per heavy atom. The summed E-state index contributed by atoms with van der Waals surface area (Å²) < 4.78 is 5.36. The number of hydrogen-bond donors (Lipinski definition) is 1. The van der Waals surface area contributed by atoms with E-state index in [2.05, 4.69) is 6.92 Å². The third kappa shape index (κ3) is 4.44. The van der Waals surface area contributed by atoms with Crippen molar-refractivity contribution in [1.82, 2.24) is 4.90 Å². The minimum absolute atomic E-state index is 0.00196. The van der Waals surface area contributed by atoms with Gasteiger partial charge in [-0.15, -0.1) is 0 Å². The third-order valence-electron chi connectivity index (χ3n) is 2.56. The first kappa shape index (κ1) is 13.5. The maximum absolute atomic E-state index is 11.5. The monoisotopic (exact) mass is 237 g/mol. The highest BCUT2D eigenvalue weighted by Gasteiger charge is 2.08. The van der Waals surface area contributed by atoms with Gasteiger partial charge in [0.15, 0.2) is 6.61 Å². The number of aliphatic hydroxyl groups is 1. The van der Waals surface area contributed by atoms with Crippen LogP contribution in [0.15, 0.2) is 24.3 Å². The summed E-state index contributed by atoms with van der Waals surface area (Å²) in [6.45, 7) is 2.38. The summed E-state index contributed by atoms with van der Waals surface area (Å²) in [6, 6.07) is 7.69. The first-order valence-electron chi connectivity index (χ1n) is 5.74. The van der Waals surface area contributed by atoms with Gasteiger partial charge in [-0.3, -0.25) is 4.79 Å². The van der Waals surface area contributed by atoms with Crippen LogP contribution in [0, 0.1) is 0 Å². The SMILES string of the molecule is CCc1ccc(OCC(=O)N(C)CCO)cc1. The second-order valence-corrected chi connectivity index (χ2v) is 3.83. The molecular weight excluding hydrogens is 218 g/mol. The molecule has 0 radical (unpaired) electrons. The van der Waals surface area contributed by atoms with Crippen molar-refractivity contribution < 1.29 is 14.6 Å². The van der Waals surface area contributed by atoms with Crippen LogP contribution in [-0.4, -0.2) is 42.7 Å². The molecule has 94 valence electrons. The molecule has 0 aromatic heterocycles. The van der Waals surface area contributed by atoms with Crippen molar-refractivity contribution in [2.45, 2.75) is 13.3 Å². The molecular formula is C13H19NO3. The molecule has 0 bridgehead atoms. The smallest absolute Gasteiger partial charge is 0.260 e. The number of amides is 1. The number of hydrogen-bond acceptors (Lipinski definition) is 3. The van der Waals surface area contributed by atoms with Crippen molar-refractivity contribution in [3.8, 4) is 5.75 Å². The summed E-state index contributed by atoms with van der Waals surface area (Å²) in [5.74, 6) is 0.548. The number of benzene rings is 1. The largest absolute Gasteiger partial charge is 0.484 e. The molecule has 1 amide bonds. The molecule has 0 aliphatic rings. The molecule has 4 nitrogen and oxygen atoms in total. The molecule has 1 aromatic rings. The summed E-state index contributed by atoms with van der Waals surface area (Å²) in [7, 11) is 1.64. The molecule has 1 rings (SSSR count). The van der Waals surface area contributed by atoms with Crippen LogP contribution in [0.3, 0.4) is 0 Å². The van der Waals surface area contributed by atoms with Crippen LogP contribution >= 0.6 is 0 Å². The minimum Gasteiger partial charge on any atom is -0.484 e. The molecule has 4 heteroatoms. The normalized spacial score (nSPS) is 10.1. The quantitative estimate of drug-likeness (QED) is 0.805. The molecule has 1 aromatic carbocycles. The summed E-state index contributed by atoms with van der Waals surface area (Å²) in [4.78, 5) is 13.0. The van der Waals surface area contributed by atoms with E-state index < -0.39 is 0 Å². The van der Waals surface area contributed by atoms with Crippen molar-refractivity contribution in [3.05, 3.63) is 29.8 Å². The van der Waals surface area contributed by atoms with E-state index in [9.17, 15) is 4.79 Å². The average Bonchev–Trinajstić information content (AvgIpc) is 2.36. The maximum Gasteiger partial charge on any atom is 0.260 e. The first-order valence-corrected chi connectivity index (χ1v) is 5.74. The summed E-state index contributed by atoms with van der Waals surface area (Å²) in [6.07, 6.45) is 0.985. The minimum atomic E-state index is -0.140. The van der Waals surface area contributed by atoms with Crippen LogP contribution in [0.1, 0.15) is 12.5 Å². The predicted octanol–water partition coefficient (Wildman–Crippen LogP) is 1.08. The topological polar surface area (TPSA) is 49.8 Å². The third-order valence-corrected chi connectivity index (χ3v) is 2.56. The van der Waals surface area contributed by atoms with Crippen LogP contribution in [0.5, 0.6) is 5.75 Å². The van der Waals surface area contributed by atoms with E-state index in [1.165, 1.54) is 10.5 Å². The van der Waals surface area contributed by atoms with E-state index >= 15 is 0 Å². The molecule has 0 spiro atoms. The summed E-state index contributed by atoms with van der Waals surface area (Å²) in [5.41, 5.74) is 1.24. The Balaban J connectivity index is 2.41. The molecule has 17 heavy (non-hydrogen) atoms. The molecule has 0 atom stereocenters. The fourth-order valence-electron chi connectivity index (χ4n) is 1.35. The van der Waals surface area contributed by atoms with Gasteiger partial charge in [-0.25, -0.2) is 0 Å². The van der Waals surface area contributed by atoms with Crippen LogP contribution in [-0.2, 0) is 11.2 Å². The van der Waals surface area contributed by atoms with E-state index in [1.54, 1.807) is 7.05 Å². The van der Waals surface area contributed by atoms with Gasteiger partial charge in [0, 0.05) is 13.6 Å². The Morgan fingerprint density at radius 3 is 2.53 bits per heavy atom. The van der Waals surface area contributed by atoms with Gasteiger partial charge in [0.1, 0.15) is 5.75 Å². The van der Waals surface area contributed by atoms with Crippen molar-refractivity contribution in [2.75, 3.05) is 26.8 Å². The Labute approximate surface area is 102 Å². The lowest BCUT2D eigenvalue weighted by Crippen LogP contribution is -2.33. The van der Waals surface area contributed by atoms with Crippen LogP contribution in [0.2, 0.25) is 0 Å². The zero-order valence-corrected chi connectivity index (χ0v) is 10.3. The average molecular weight is 237 g/mol. The number of nitrogens with zero attached hydrogens (tertiary/aromatic N) is 1. The molecule has 0 saturated carbocycles. The van der Waals surface area contributed by atoms with E-state index in [0.29, 0.717) is 12.3 Å². The van der Waals surface area contributed by atoms with Gasteiger partial charge in [-0.05, 0) is 24.1 Å². The van der Waals surface area contributed by atoms with Gasteiger partial charge in [-0.2, -0.15) is 0 Å². The lowest BCUT2D eigenvalue weighted by Gasteiger charge is -2.15. The molecule has 0 aliphatic carbocycles. The number of aryl methyl sites for hydroxylation is 1. The number of carbonyl (C=O) groups excluding carboxylic acids is 1. The Kier molecular flexibility index (Phi) is 5.49. The number of aliphatic hydroxyl groups excluding tert-OH is 1. The van der Waals surface area contributed by atoms with Gasteiger partial charge in [0.25, 0.3) is 5.91 Å². The van der Waals surface area contributed by atoms with E-state index in [4.69, 9.17) is 9.84 Å². The van der Waals surface area contributed by atoms with E-state index in [-0.39, 0.29) is 19.1 Å². The Bertz CT molecular complexity index is 348. The van der Waals surface area contributed by atoms with Crippen molar-refractivity contribution >= 4 is 5.91 Å². The standard InChI is InChI=1S/C13H19NO3/c1-3-11-4-6-12(7-5-11)17-10-13(16)14(2)8-9-15/h4-7,15H,3,8-10H2,1-2H3. The molecule has 1 N–H and O–H groups in total. The van der Waals surface area contributed by atoms with Gasteiger partial charge >= 0.3 is 0 Å². The van der Waals surface area contributed by atoms with Gasteiger partial charge < -0.3 is 14.7 Å². The molecule has 0 unspecified atom stereocenters. The number of ether oxygens (including phenoxy) is 1. The highest BCUT2D eigenvalue weighted by atomic mass is 16.5. The number of carbonyl (C=O) groups is 1. The second kappa shape index (κ2) is 6.91. The highest BCUT2D eigenvalue weighted by Crippen LogP contribution is 2.12. The van der Waals surface area contributed by atoms with Crippen molar-refractivity contribution in [2.24, 2.45) is 0 Å². The predicted molar refractivity (Wildman–Crippen MR) is 66.0 cm³/mol. The maximum atomic E-state index is 11.5. The lowest BCUT2D eigenvalue weighted by atomic mass is 10.2. The van der Waals surface area contributed by atoms with Crippen LogP contribution < -0.4 is 4.74 Å². The second-order valence-electron chi connectivity index (χ2n) is 3.83. The van der Waals surface area contributed by atoms with Gasteiger partial charge in [0.05, 0.1) is 6.61 Å². The first-order chi connectivity index (χ1) is 8.17. The van der Waals surface area contributed by atoms with Crippen molar-refractivity contribution in [1.29, 1.82) is 0 Å².